The zero-order valence-electron chi connectivity index (χ0n) is 7.05. The first kappa shape index (κ1) is 8.20. The summed E-state index contributed by atoms with van der Waals surface area (Å²) in [5, 5.41) is 0. The summed E-state index contributed by atoms with van der Waals surface area (Å²) in [7, 11) is 2.15. The Labute approximate surface area is 80.7 Å². The highest BCUT2D eigenvalue weighted by molar-refractivity contribution is 9.10. The van der Waals surface area contributed by atoms with Crippen LogP contribution in [0.1, 0.15) is 11.1 Å². The second-order valence-electron chi connectivity index (χ2n) is 3.23. The molecule has 3 heteroatoms. The van der Waals surface area contributed by atoms with Gasteiger partial charge in [-0.1, -0.05) is 0 Å². The number of rotatable bonds is 0. The van der Waals surface area contributed by atoms with Gasteiger partial charge in [-0.05, 0) is 46.6 Å². The van der Waals surface area contributed by atoms with Gasteiger partial charge < -0.3 is 4.90 Å². The number of aromatic nitrogens is 1. The lowest BCUT2D eigenvalue weighted by atomic mass is 10.0. The summed E-state index contributed by atoms with van der Waals surface area (Å²) in [6, 6.07) is 2.11. The summed E-state index contributed by atoms with van der Waals surface area (Å²) < 4.78 is 1.02. The van der Waals surface area contributed by atoms with Crippen molar-refractivity contribution >= 4 is 15.9 Å². The van der Waals surface area contributed by atoms with Gasteiger partial charge in [0.25, 0.3) is 0 Å². The fourth-order valence-corrected chi connectivity index (χ4v) is 2.16. The lowest BCUT2D eigenvalue weighted by Crippen LogP contribution is -2.26. The maximum Gasteiger partial charge on any atom is 0.109 e. The summed E-state index contributed by atoms with van der Waals surface area (Å²) in [6.07, 6.45) is 2.97. The van der Waals surface area contributed by atoms with Crippen LogP contribution in [-0.4, -0.2) is 23.5 Å². The fraction of sp³-hybridized carbons (Fsp3) is 0.444. The molecule has 0 amide bonds. The van der Waals surface area contributed by atoms with Crippen molar-refractivity contribution in [3.63, 3.8) is 0 Å². The fourth-order valence-electron chi connectivity index (χ4n) is 1.59. The van der Waals surface area contributed by atoms with Gasteiger partial charge in [-0.15, -0.1) is 0 Å². The molecule has 2 nitrogen and oxygen atoms in total. The standard InChI is InChI=1S/C9H11BrN2/c1-12-5-3-8-7(6-12)2-4-11-9(8)10/h2,4H,3,5-6H2,1H3. The highest BCUT2D eigenvalue weighted by atomic mass is 79.9. The molecule has 0 fully saturated rings. The molecule has 1 aromatic heterocycles. The molecule has 1 aliphatic heterocycles. The monoisotopic (exact) mass is 226 g/mol. The molecule has 2 heterocycles. The minimum absolute atomic E-state index is 1.02. The van der Waals surface area contributed by atoms with Crippen LogP contribution < -0.4 is 0 Å². The number of hydrogen-bond acceptors (Lipinski definition) is 2. The number of fused-ring (bicyclic) bond motifs is 1. The molecule has 0 spiro atoms. The first-order valence-electron chi connectivity index (χ1n) is 4.08. The molecule has 0 saturated carbocycles. The molecule has 0 bridgehead atoms. The molecule has 0 aromatic carbocycles. The zero-order valence-corrected chi connectivity index (χ0v) is 8.63. The van der Waals surface area contributed by atoms with Crippen molar-refractivity contribution in [1.82, 2.24) is 9.88 Å². The maximum atomic E-state index is 4.22. The Hall–Kier alpha value is -0.410. The molecule has 12 heavy (non-hydrogen) atoms. The van der Waals surface area contributed by atoms with E-state index in [4.69, 9.17) is 0 Å². The van der Waals surface area contributed by atoms with Gasteiger partial charge in [0.1, 0.15) is 4.60 Å². The van der Waals surface area contributed by atoms with Crippen LogP contribution in [0.15, 0.2) is 16.9 Å². The van der Waals surface area contributed by atoms with Gasteiger partial charge in [-0.2, -0.15) is 0 Å². The second-order valence-corrected chi connectivity index (χ2v) is 3.98. The SMILES string of the molecule is CN1CCc2c(ccnc2Br)C1. The average Bonchev–Trinajstić information content (AvgIpc) is 2.04. The smallest absolute Gasteiger partial charge is 0.109 e. The van der Waals surface area contributed by atoms with E-state index in [0.29, 0.717) is 0 Å². The van der Waals surface area contributed by atoms with Crippen LogP contribution in [0, 0.1) is 0 Å². The van der Waals surface area contributed by atoms with E-state index in [2.05, 4.69) is 38.9 Å². The van der Waals surface area contributed by atoms with Gasteiger partial charge in [0.15, 0.2) is 0 Å². The van der Waals surface area contributed by atoms with E-state index < -0.39 is 0 Å². The Morgan fingerprint density at radius 2 is 2.42 bits per heavy atom. The summed E-state index contributed by atoms with van der Waals surface area (Å²) in [5.41, 5.74) is 2.79. The van der Waals surface area contributed by atoms with Crippen LogP contribution >= 0.6 is 15.9 Å². The normalized spacial score (nSPS) is 17.5. The van der Waals surface area contributed by atoms with Crippen molar-refractivity contribution in [2.75, 3.05) is 13.6 Å². The molecular weight excluding hydrogens is 216 g/mol. The minimum atomic E-state index is 1.02. The van der Waals surface area contributed by atoms with Crippen molar-refractivity contribution < 1.29 is 0 Å². The Morgan fingerprint density at radius 1 is 1.58 bits per heavy atom. The third-order valence-electron chi connectivity index (χ3n) is 2.28. The van der Waals surface area contributed by atoms with Gasteiger partial charge in [0, 0.05) is 19.3 Å². The lowest BCUT2D eigenvalue weighted by Gasteiger charge is -2.24. The first-order valence-corrected chi connectivity index (χ1v) is 4.87. The summed E-state index contributed by atoms with van der Waals surface area (Å²) >= 11 is 3.47. The van der Waals surface area contributed by atoms with E-state index >= 15 is 0 Å². The van der Waals surface area contributed by atoms with Crippen molar-refractivity contribution in [2.45, 2.75) is 13.0 Å². The molecule has 0 aliphatic carbocycles. The number of hydrogen-bond donors (Lipinski definition) is 0. The number of pyridine rings is 1. The van der Waals surface area contributed by atoms with Crippen LogP contribution in [0.2, 0.25) is 0 Å². The third kappa shape index (κ3) is 1.39. The number of likely N-dealkylation sites (N-methyl/N-ethyl adjacent to an activating group) is 1. The van der Waals surface area contributed by atoms with Crippen LogP contribution in [0.5, 0.6) is 0 Å². The molecule has 2 rings (SSSR count). The third-order valence-corrected chi connectivity index (χ3v) is 2.97. The summed E-state index contributed by atoms with van der Waals surface area (Å²) in [6.45, 7) is 2.19. The predicted molar refractivity (Wildman–Crippen MR) is 52.0 cm³/mol. The highest BCUT2D eigenvalue weighted by Crippen LogP contribution is 2.23. The quantitative estimate of drug-likeness (QED) is 0.628. The van der Waals surface area contributed by atoms with Gasteiger partial charge in [0.05, 0.1) is 0 Å². The van der Waals surface area contributed by atoms with Crippen molar-refractivity contribution in [3.8, 4) is 0 Å². The molecule has 0 saturated heterocycles. The van der Waals surface area contributed by atoms with E-state index in [9.17, 15) is 0 Å². The van der Waals surface area contributed by atoms with Crippen LogP contribution in [-0.2, 0) is 13.0 Å². The van der Waals surface area contributed by atoms with E-state index in [1.807, 2.05) is 6.20 Å². The van der Waals surface area contributed by atoms with Crippen molar-refractivity contribution in [3.05, 3.63) is 28.0 Å². The second kappa shape index (κ2) is 3.15. The topological polar surface area (TPSA) is 16.1 Å². The van der Waals surface area contributed by atoms with E-state index in [-0.39, 0.29) is 0 Å². The van der Waals surface area contributed by atoms with Crippen molar-refractivity contribution in [2.24, 2.45) is 0 Å². The van der Waals surface area contributed by atoms with Crippen LogP contribution in [0.25, 0.3) is 0 Å². The molecule has 64 valence electrons. The minimum Gasteiger partial charge on any atom is -0.302 e. The zero-order chi connectivity index (χ0) is 8.55. The van der Waals surface area contributed by atoms with Gasteiger partial charge >= 0.3 is 0 Å². The molecule has 0 unspecified atom stereocenters. The average molecular weight is 227 g/mol. The Balaban J connectivity index is 2.42. The summed E-state index contributed by atoms with van der Waals surface area (Å²) in [4.78, 5) is 6.54. The number of nitrogens with zero attached hydrogens (tertiary/aromatic N) is 2. The number of halogens is 1. The van der Waals surface area contributed by atoms with Gasteiger partial charge in [0.2, 0.25) is 0 Å². The van der Waals surface area contributed by atoms with E-state index in [1.54, 1.807) is 0 Å². The molecule has 1 aliphatic rings. The molecular formula is C9H11BrN2. The predicted octanol–water partition coefficient (Wildman–Crippen LogP) is 1.83. The van der Waals surface area contributed by atoms with E-state index in [1.165, 1.54) is 11.1 Å². The molecule has 1 aromatic rings. The van der Waals surface area contributed by atoms with E-state index in [0.717, 1.165) is 24.1 Å². The van der Waals surface area contributed by atoms with Crippen molar-refractivity contribution in [1.29, 1.82) is 0 Å². The Morgan fingerprint density at radius 3 is 3.25 bits per heavy atom. The first-order chi connectivity index (χ1) is 5.77. The Kier molecular flexibility index (Phi) is 2.15. The van der Waals surface area contributed by atoms with Gasteiger partial charge in [-0.3, -0.25) is 0 Å². The van der Waals surface area contributed by atoms with Crippen LogP contribution in [0.3, 0.4) is 0 Å². The highest BCUT2D eigenvalue weighted by Gasteiger charge is 2.15. The van der Waals surface area contributed by atoms with Gasteiger partial charge in [-0.25, -0.2) is 4.98 Å². The lowest BCUT2D eigenvalue weighted by molar-refractivity contribution is 0.312. The summed E-state index contributed by atoms with van der Waals surface area (Å²) in [5.74, 6) is 0. The maximum absolute atomic E-state index is 4.22. The Bertz CT molecular complexity index is 299. The van der Waals surface area contributed by atoms with Crippen LogP contribution in [0.4, 0.5) is 0 Å². The molecule has 0 N–H and O–H groups in total. The molecule has 0 atom stereocenters. The molecule has 0 radical (unpaired) electrons. The largest absolute Gasteiger partial charge is 0.302 e.